The van der Waals surface area contributed by atoms with Gasteiger partial charge in [0, 0.05) is 23.0 Å². The van der Waals surface area contributed by atoms with Crippen LogP contribution in [0.5, 0.6) is 11.5 Å². The van der Waals surface area contributed by atoms with Crippen LogP contribution in [0.2, 0.25) is 0 Å². The molecule has 5 nitrogen and oxygen atoms in total. The Labute approximate surface area is 195 Å². The van der Waals surface area contributed by atoms with Crippen LogP contribution in [0.1, 0.15) is 10.5 Å². The Balaban J connectivity index is 1.40. The highest BCUT2D eigenvalue weighted by Crippen LogP contribution is 2.29. The summed E-state index contributed by atoms with van der Waals surface area (Å²) >= 11 is 0. The van der Waals surface area contributed by atoms with Crippen LogP contribution in [0.3, 0.4) is 0 Å². The van der Waals surface area contributed by atoms with Crippen LogP contribution in [0.25, 0.3) is 16.6 Å². The van der Waals surface area contributed by atoms with Crippen LogP contribution in [0.15, 0.2) is 109 Å². The van der Waals surface area contributed by atoms with Gasteiger partial charge < -0.3 is 14.5 Å². The van der Waals surface area contributed by atoms with Crippen molar-refractivity contribution in [3.05, 3.63) is 121 Å². The fourth-order valence-electron chi connectivity index (χ4n) is 3.73. The monoisotopic (exact) mass is 450 g/mol. The van der Waals surface area contributed by atoms with E-state index in [1.165, 1.54) is 12.1 Å². The number of carbonyl (C=O) groups is 2. The molecule has 0 atom stereocenters. The average Bonchev–Trinajstić information content (AvgIpc) is 3.25. The number of carbonyl (C=O) groups excluding carboxylic acids is 2. The largest absolute Gasteiger partial charge is 0.457 e. The van der Waals surface area contributed by atoms with Crippen LogP contribution in [-0.2, 0) is 4.79 Å². The van der Waals surface area contributed by atoms with E-state index < -0.39 is 11.7 Å². The summed E-state index contributed by atoms with van der Waals surface area (Å²) in [4.78, 5) is 26.2. The molecule has 2 aromatic heterocycles. The number of ketones is 1. The van der Waals surface area contributed by atoms with Crippen molar-refractivity contribution < 1.29 is 18.7 Å². The number of Topliss-reactive ketones (excluding diaryl/α,β-unsaturated/α-hetero) is 1. The topological polar surface area (TPSA) is 59.8 Å². The van der Waals surface area contributed by atoms with Crippen molar-refractivity contribution in [2.75, 3.05) is 5.32 Å². The number of nitrogens with zero attached hydrogens (tertiary/aromatic N) is 1. The molecule has 0 fully saturated rings. The van der Waals surface area contributed by atoms with Gasteiger partial charge in [-0.3, -0.25) is 9.59 Å². The van der Waals surface area contributed by atoms with Crippen LogP contribution in [-0.4, -0.2) is 16.1 Å². The number of nitrogens with one attached hydrogen (secondary N) is 1. The van der Waals surface area contributed by atoms with Gasteiger partial charge >= 0.3 is 0 Å². The number of benzene rings is 3. The van der Waals surface area contributed by atoms with Gasteiger partial charge in [-0.05, 0) is 72.3 Å². The number of fused-ring (bicyclic) bond motifs is 1. The Bertz CT molecular complexity index is 1470. The molecule has 1 amide bonds. The highest BCUT2D eigenvalue weighted by molar-refractivity contribution is 6.47. The molecule has 166 valence electrons. The number of aromatic nitrogens is 1. The summed E-state index contributed by atoms with van der Waals surface area (Å²) in [5.74, 6) is -0.550. The molecule has 3 aromatic carbocycles. The normalized spacial score (nSPS) is 10.7. The fraction of sp³-hybridized carbons (Fsp3) is 0. The minimum absolute atomic E-state index is 0.212. The molecular weight excluding hydrogens is 431 g/mol. The molecule has 5 rings (SSSR count). The van der Waals surface area contributed by atoms with Gasteiger partial charge in [0.2, 0.25) is 0 Å². The van der Waals surface area contributed by atoms with Crippen molar-refractivity contribution >= 4 is 22.9 Å². The molecule has 0 radical (unpaired) electrons. The Kier molecular flexibility index (Phi) is 5.62. The van der Waals surface area contributed by atoms with Gasteiger partial charge in [0.05, 0.1) is 0 Å². The lowest BCUT2D eigenvalue weighted by Gasteiger charge is -2.09. The second-order valence-corrected chi connectivity index (χ2v) is 7.63. The van der Waals surface area contributed by atoms with Crippen LogP contribution in [0.4, 0.5) is 10.1 Å². The second-order valence-electron chi connectivity index (χ2n) is 7.63. The molecule has 5 aromatic rings. The summed E-state index contributed by atoms with van der Waals surface area (Å²) in [6.45, 7) is 0. The highest BCUT2D eigenvalue weighted by atomic mass is 19.1. The first-order valence-corrected chi connectivity index (χ1v) is 10.6. The fourth-order valence-corrected chi connectivity index (χ4v) is 3.73. The van der Waals surface area contributed by atoms with E-state index >= 15 is 0 Å². The first-order valence-electron chi connectivity index (χ1n) is 10.6. The number of hydrogen-bond donors (Lipinski definition) is 1. The summed E-state index contributed by atoms with van der Waals surface area (Å²) < 4.78 is 20.9. The van der Waals surface area contributed by atoms with Crippen molar-refractivity contribution in [2.24, 2.45) is 0 Å². The van der Waals surface area contributed by atoms with E-state index in [1.54, 1.807) is 53.1 Å². The Hall–Kier alpha value is -4.71. The number of rotatable bonds is 6. The predicted octanol–water partition coefficient (Wildman–Crippen LogP) is 6.36. The summed E-state index contributed by atoms with van der Waals surface area (Å²) in [7, 11) is 0. The Morgan fingerprint density at radius 1 is 0.765 bits per heavy atom. The summed E-state index contributed by atoms with van der Waals surface area (Å²) in [6.07, 6.45) is 1.72. The average molecular weight is 450 g/mol. The zero-order valence-corrected chi connectivity index (χ0v) is 17.9. The maximum absolute atomic E-state index is 13.4. The number of para-hydroxylation sites is 1. The molecule has 0 aliphatic rings. The summed E-state index contributed by atoms with van der Waals surface area (Å²) in [6, 6.07) is 29.2. The van der Waals surface area contributed by atoms with E-state index in [0.29, 0.717) is 28.3 Å². The lowest BCUT2D eigenvalue weighted by atomic mass is 10.0. The highest BCUT2D eigenvalue weighted by Gasteiger charge is 2.25. The minimum Gasteiger partial charge on any atom is -0.457 e. The zero-order valence-electron chi connectivity index (χ0n) is 17.9. The van der Waals surface area contributed by atoms with Crippen LogP contribution >= 0.6 is 0 Å². The van der Waals surface area contributed by atoms with E-state index in [4.69, 9.17) is 4.74 Å². The quantitative estimate of drug-likeness (QED) is 0.242. The summed E-state index contributed by atoms with van der Waals surface area (Å²) in [5.41, 5.74) is 2.62. The number of halogens is 1. The maximum atomic E-state index is 13.4. The van der Waals surface area contributed by atoms with Crippen LogP contribution < -0.4 is 10.1 Å². The smallest absolute Gasteiger partial charge is 0.298 e. The number of pyridine rings is 1. The minimum atomic E-state index is -0.774. The SMILES string of the molecule is O=C(Nc1ccc(Oc2ccccc2)cc1)C(=O)c1c(-c2ccc(F)cc2)cc2ccccn12. The molecule has 2 heterocycles. The van der Waals surface area contributed by atoms with E-state index in [1.807, 2.05) is 48.5 Å². The van der Waals surface area contributed by atoms with Gasteiger partial charge in [-0.1, -0.05) is 36.4 Å². The Morgan fingerprint density at radius 3 is 2.18 bits per heavy atom. The second kappa shape index (κ2) is 9.03. The lowest BCUT2D eigenvalue weighted by Crippen LogP contribution is -2.24. The third kappa shape index (κ3) is 4.29. The molecule has 1 N–H and O–H groups in total. The molecule has 0 aliphatic carbocycles. The first kappa shape index (κ1) is 21.2. The maximum Gasteiger partial charge on any atom is 0.298 e. The van der Waals surface area contributed by atoms with Gasteiger partial charge in [0.25, 0.3) is 11.7 Å². The van der Waals surface area contributed by atoms with Crippen molar-refractivity contribution in [1.29, 1.82) is 0 Å². The number of anilines is 1. The molecule has 0 saturated heterocycles. The standard InChI is InChI=1S/C28H19FN2O3/c29-20-11-9-19(10-12-20)25-18-22-6-4-5-17-31(22)26(25)27(32)28(33)30-21-13-15-24(16-14-21)34-23-7-2-1-3-8-23/h1-18H,(H,30,33). The molecular formula is C28H19FN2O3. The van der Waals surface area contributed by atoms with Crippen molar-refractivity contribution in [2.45, 2.75) is 0 Å². The first-order chi connectivity index (χ1) is 16.6. The molecule has 0 saturated carbocycles. The number of amides is 1. The van der Waals surface area contributed by atoms with Gasteiger partial charge in [0.1, 0.15) is 23.0 Å². The van der Waals surface area contributed by atoms with Crippen molar-refractivity contribution in [3.63, 3.8) is 0 Å². The van der Waals surface area contributed by atoms with E-state index in [9.17, 15) is 14.0 Å². The van der Waals surface area contributed by atoms with Gasteiger partial charge in [-0.25, -0.2) is 4.39 Å². The zero-order chi connectivity index (χ0) is 23.5. The number of hydrogen-bond acceptors (Lipinski definition) is 3. The van der Waals surface area contributed by atoms with Crippen molar-refractivity contribution in [3.8, 4) is 22.6 Å². The van der Waals surface area contributed by atoms with Crippen molar-refractivity contribution in [1.82, 2.24) is 4.40 Å². The van der Waals surface area contributed by atoms with Gasteiger partial charge in [-0.2, -0.15) is 0 Å². The molecule has 0 bridgehead atoms. The molecule has 34 heavy (non-hydrogen) atoms. The van der Waals surface area contributed by atoms with E-state index in [2.05, 4.69) is 5.32 Å². The predicted molar refractivity (Wildman–Crippen MR) is 129 cm³/mol. The molecule has 0 spiro atoms. The lowest BCUT2D eigenvalue weighted by molar-refractivity contribution is -0.112. The number of ether oxygens (including phenoxy) is 1. The third-order valence-corrected chi connectivity index (χ3v) is 5.35. The third-order valence-electron chi connectivity index (χ3n) is 5.35. The summed E-state index contributed by atoms with van der Waals surface area (Å²) in [5, 5.41) is 2.66. The van der Waals surface area contributed by atoms with Gasteiger partial charge in [0.15, 0.2) is 0 Å². The molecule has 6 heteroatoms. The van der Waals surface area contributed by atoms with E-state index in [-0.39, 0.29) is 11.5 Å². The van der Waals surface area contributed by atoms with Crippen LogP contribution in [0, 0.1) is 5.82 Å². The van der Waals surface area contributed by atoms with Gasteiger partial charge in [-0.15, -0.1) is 0 Å². The Morgan fingerprint density at radius 2 is 1.44 bits per heavy atom. The molecule has 0 aliphatic heterocycles. The molecule has 0 unspecified atom stereocenters. The van der Waals surface area contributed by atoms with E-state index in [0.717, 1.165) is 5.52 Å².